The highest BCUT2D eigenvalue weighted by Crippen LogP contribution is 2.25. The fourth-order valence-corrected chi connectivity index (χ4v) is 4.45. The molecule has 6 nitrogen and oxygen atoms in total. The Labute approximate surface area is 180 Å². The largest absolute Gasteiger partial charge is 0.383 e. The van der Waals surface area contributed by atoms with Crippen LogP contribution in [0.15, 0.2) is 30.3 Å². The van der Waals surface area contributed by atoms with Crippen LogP contribution in [0.1, 0.15) is 53.0 Å². The number of likely N-dealkylation sites (N-methyl/N-ethyl adjacent to an activating group) is 1. The number of benzene rings is 1. The van der Waals surface area contributed by atoms with Crippen LogP contribution < -0.4 is 5.32 Å². The summed E-state index contributed by atoms with van der Waals surface area (Å²) >= 11 is 0. The Kier molecular flexibility index (Phi) is 8.05. The van der Waals surface area contributed by atoms with Gasteiger partial charge in [0.05, 0.1) is 18.8 Å². The van der Waals surface area contributed by atoms with Crippen molar-refractivity contribution in [1.82, 2.24) is 20.0 Å². The van der Waals surface area contributed by atoms with Crippen molar-refractivity contribution in [2.24, 2.45) is 5.92 Å². The summed E-state index contributed by atoms with van der Waals surface area (Å²) in [6, 6.07) is 10.2. The fraction of sp³-hybridized carbons (Fsp3) is 0.583. The number of hydrogen-bond donors (Lipinski definition) is 1. The maximum absolute atomic E-state index is 12.9. The third-order valence-electron chi connectivity index (χ3n) is 5.99. The Balaban J connectivity index is 1.55. The number of carbonyl (C=O) groups excluding carboxylic acids is 1. The zero-order chi connectivity index (χ0) is 21.5. The lowest BCUT2D eigenvalue weighted by atomic mass is 9.85. The third kappa shape index (κ3) is 6.41. The van der Waals surface area contributed by atoms with Gasteiger partial charge in [0.2, 0.25) is 0 Å². The summed E-state index contributed by atoms with van der Waals surface area (Å²) in [6.45, 7) is 7.51. The molecule has 164 valence electrons. The molecule has 2 atom stereocenters. The summed E-state index contributed by atoms with van der Waals surface area (Å²) in [4.78, 5) is 15.2. The molecule has 1 aromatic heterocycles. The van der Waals surface area contributed by atoms with Crippen molar-refractivity contribution in [3.05, 3.63) is 52.8 Å². The van der Waals surface area contributed by atoms with Gasteiger partial charge in [0.25, 0.3) is 5.91 Å². The van der Waals surface area contributed by atoms with Crippen LogP contribution in [-0.4, -0.2) is 60.5 Å². The summed E-state index contributed by atoms with van der Waals surface area (Å²) in [5.41, 5.74) is 3.97. The van der Waals surface area contributed by atoms with Crippen LogP contribution in [0.25, 0.3) is 0 Å². The van der Waals surface area contributed by atoms with Gasteiger partial charge in [-0.2, -0.15) is 5.10 Å². The molecule has 3 rings (SSSR count). The average molecular weight is 413 g/mol. The van der Waals surface area contributed by atoms with Gasteiger partial charge in [-0.15, -0.1) is 0 Å². The van der Waals surface area contributed by atoms with Crippen LogP contribution in [0.5, 0.6) is 0 Å². The number of rotatable bonds is 9. The fourth-order valence-electron chi connectivity index (χ4n) is 4.45. The molecule has 1 aromatic carbocycles. The van der Waals surface area contributed by atoms with Crippen LogP contribution in [0.2, 0.25) is 0 Å². The zero-order valence-corrected chi connectivity index (χ0v) is 18.9. The standard InChI is InChI=1S/C24H36N4O2/c1-18-13-19(2)28(26-18)17-20-7-5-9-22(14-20)24(29)25-23-10-6-8-21(15-23)16-27(3)11-12-30-4/h5,7,9,13-14,21,23H,6,8,10-12,15-17H2,1-4H3,(H,25,29)/t21-,23-/m1/s1. The maximum Gasteiger partial charge on any atom is 0.251 e. The Morgan fingerprint density at radius 1 is 1.30 bits per heavy atom. The molecule has 2 aromatic rings. The molecule has 0 aliphatic heterocycles. The van der Waals surface area contributed by atoms with E-state index in [1.165, 1.54) is 12.8 Å². The third-order valence-corrected chi connectivity index (χ3v) is 5.99. The van der Waals surface area contributed by atoms with E-state index in [4.69, 9.17) is 4.74 Å². The highest BCUT2D eigenvalue weighted by molar-refractivity contribution is 5.94. The minimum Gasteiger partial charge on any atom is -0.383 e. The van der Waals surface area contributed by atoms with Gasteiger partial charge in [-0.05, 0) is 69.8 Å². The lowest BCUT2D eigenvalue weighted by Gasteiger charge is -2.32. The quantitative estimate of drug-likeness (QED) is 0.686. The van der Waals surface area contributed by atoms with Crippen LogP contribution >= 0.6 is 0 Å². The number of methoxy groups -OCH3 is 1. The molecule has 0 radical (unpaired) electrons. The van der Waals surface area contributed by atoms with E-state index in [1.807, 2.05) is 29.8 Å². The van der Waals surface area contributed by atoms with Gasteiger partial charge in [-0.3, -0.25) is 9.48 Å². The minimum absolute atomic E-state index is 0.0311. The molecule has 1 aliphatic rings. The van der Waals surface area contributed by atoms with E-state index in [0.717, 1.165) is 55.1 Å². The normalized spacial score (nSPS) is 19.2. The molecule has 0 spiro atoms. The molecule has 0 unspecified atom stereocenters. The number of aromatic nitrogens is 2. The molecule has 1 N–H and O–H groups in total. The van der Waals surface area contributed by atoms with Crippen molar-refractivity contribution >= 4 is 5.91 Å². The number of carbonyl (C=O) groups is 1. The molecule has 1 saturated carbocycles. The van der Waals surface area contributed by atoms with Gasteiger partial charge in [0.15, 0.2) is 0 Å². The van der Waals surface area contributed by atoms with Crippen molar-refractivity contribution in [1.29, 1.82) is 0 Å². The first-order chi connectivity index (χ1) is 14.4. The molecule has 0 saturated heterocycles. The van der Waals surface area contributed by atoms with Crippen LogP contribution in [0.4, 0.5) is 0 Å². The topological polar surface area (TPSA) is 59.4 Å². The van der Waals surface area contributed by atoms with Gasteiger partial charge >= 0.3 is 0 Å². The van der Waals surface area contributed by atoms with Crippen LogP contribution in [0, 0.1) is 19.8 Å². The van der Waals surface area contributed by atoms with E-state index < -0.39 is 0 Å². The molecule has 1 amide bonds. The molecule has 6 heteroatoms. The minimum atomic E-state index is 0.0311. The van der Waals surface area contributed by atoms with Gasteiger partial charge < -0.3 is 15.0 Å². The van der Waals surface area contributed by atoms with Crippen molar-refractivity contribution in [3.8, 4) is 0 Å². The first-order valence-corrected chi connectivity index (χ1v) is 11.0. The van der Waals surface area contributed by atoms with Crippen molar-refractivity contribution in [3.63, 3.8) is 0 Å². The molecular weight excluding hydrogens is 376 g/mol. The highest BCUT2D eigenvalue weighted by atomic mass is 16.5. The van der Waals surface area contributed by atoms with Crippen LogP contribution in [-0.2, 0) is 11.3 Å². The summed E-state index contributed by atoms with van der Waals surface area (Å²) in [7, 11) is 3.89. The molecule has 0 bridgehead atoms. The predicted molar refractivity (Wildman–Crippen MR) is 120 cm³/mol. The number of aryl methyl sites for hydroxylation is 2. The summed E-state index contributed by atoms with van der Waals surface area (Å²) in [5, 5.41) is 7.81. The van der Waals surface area contributed by atoms with Crippen molar-refractivity contribution in [2.75, 3.05) is 33.9 Å². The molecular formula is C24H36N4O2. The van der Waals surface area contributed by atoms with Crippen molar-refractivity contribution < 1.29 is 9.53 Å². The summed E-state index contributed by atoms with van der Waals surface area (Å²) < 4.78 is 7.16. The number of nitrogens with one attached hydrogen (secondary N) is 1. The lowest BCUT2D eigenvalue weighted by Crippen LogP contribution is -2.41. The van der Waals surface area contributed by atoms with E-state index in [2.05, 4.69) is 41.4 Å². The first-order valence-electron chi connectivity index (χ1n) is 11.0. The first kappa shape index (κ1) is 22.5. The number of nitrogens with zero attached hydrogens (tertiary/aromatic N) is 3. The highest BCUT2D eigenvalue weighted by Gasteiger charge is 2.24. The number of ether oxygens (including phenoxy) is 1. The predicted octanol–water partition coefficient (Wildman–Crippen LogP) is 3.42. The molecule has 1 aliphatic carbocycles. The second kappa shape index (κ2) is 10.7. The zero-order valence-electron chi connectivity index (χ0n) is 18.9. The van der Waals surface area contributed by atoms with E-state index in [1.54, 1.807) is 7.11 Å². The smallest absolute Gasteiger partial charge is 0.251 e. The maximum atomic E-state index is 12.9. The van der Waals surface area contributed by atoms with Crippen molar-refractivity contribution in [2.45, 2.75) is 52.1 Å². The molecule has 1 heterocycles. The Morgan fingerprint density at radius 3 is 2.87 bits per heavy atom. The lowest BCUT2D eigenvalue weighted by molar-refractivity contribution is 0.0910. The SMILES string of the molecule is COCCN(C)C[C@@H]1CCC[C@@H](NC(=O)c2cccc(Cn3nc(C)cc3C)c2)C1. The Morgan fingerprint density at radius 2 is 2.13 bits per heavy atom. The molecule has 1 fully saturated rings. The van der Waals surface area contributed by atoms with Gasteiger partial charge in [-0.25, -0.2) is 0 Å². The van der Waals surface area contributed by atoms with Gasteiger partial charge in [-0.1, -0.05) is 18.6 Å². The summed E-state index contributed by atoms with van der Waals surface area (Å²) in [6.07, 6.45) is 4.53. The van der Waals surface area contributed by atoms with E-state index in [-0.39, 0.29) is 11.9 Å². The summed E-state index contributed by atoms with van der Waals surface area (Å²) in [5.74, 6) is 0.659. The Bertz CT molecular complexity index is 832. The second-order valence-corrected chi connectivity index (χ2v) is 8.74. The molecule has 30 heavy (non-hydrogen) atoms. The monoisotopic (exact) mass is 412 g/mol. The van der Waals surface area contributed by atoms with E-state index >= 15 is 0 Å². The number of amides is 1. The average Bonchev–Trinajstić information content (AvgIpc) is 3.03. The second-order valence-electron chi connectivity index (χ2n) is 8.74. The van der Waals surface area contributed by atoms with E-state index in [9.17, 15) is 4.79 Å². The Hall–Kier alpha value is -2.18. The van der Waals surface area contributed by atoms with Gasteiger partial charge in [0.1, 0.15) is 0 Å². The van der Waals surface area contributed by atoms with Crippen LogP contribution in [0.3, 0.4) is 0 Å². The van der Waals surface area contributed by atoms with Gasteiger partial charge in [0, 0.05) is 37.5 Å². The van der Waals surface area contributed by atoms with E-state index in [0.29, 0.717) is 12.5 Å². The number of hydrogen-bond acceptors (Lipinski definition) is 4.